The van der Waals surface area contributed by atoms with Crippen molar-refractivity contribution in [3.63, 3.8) is 0 Å². The summed E-state index contributed by atoms with van der Waals surface area (Å²) in [5.74, 6) is 0. The van der Waals surface area contributed by atoms with Crippen LogP contribution in [0.2, 0.25) is 0 Å². The lowest BCUT2D eigenvalue weighted by Gasteiger charge is -2.47. The lowest BCUT2D eigenvalue weighted by molar-refractivity contribution is 0.731. The zero-order valence-electron chi connectivity index (χ0n) is 45.0. The van der Waals surface area contributed by atoms with Crippen molar-refractivity contribution in [3.8, 4) is 33.4 Å². The molecule has 14 aromatic rings. The first-order chi connectivity index (χ1) is 40.7. The van der Waals surface area contributed by atoms with Gasteiger partial charge in [-0.3, -0.25) is 0 Å². The van der Waals surface area contributed by atoms with Crippen LogP contribution >= 0.6 is 0 Å². The molecule has 0 amide bonds. The highest BCUT2D eigenvalue weighted by molar-refractivity contribution is 6.21. The molecular weight excluding hydrogens is 989 g/mol. The second-order valence-electron chi connectivity index (χ2n) is 21.9. The van der Waals surface area contributed by atoms with Gasteiger partial charge in [0.05, 0.1) is 27.9 Å². The minimum Gasteiger partial charge on any atom is -0.354 e. The topological polar surface area (TPSA) is 15.3 Å². The standard InChI is InChI=1S/C80H54N2/c1-6-28-57(29-7-1)79(58-30-8-2-9-31-58)70-44-18-20-48-74(70)81-77-66(42-24-46-72(77)79)62-38-22-40-64-68(62)53-69-63(39-23-41-65(69)76(64)56-51-50-54-26-16-17-27-55(54)52-56)67-43-25-47-73-78(67)82(61-36-14-5-15-37-61)75-49-21-19-45-71(75)80(73,59-32-10-3-11-33-59)60-34-12-4-13-35-60/h1-53,81H. The van der Waals surface area contributed by atoms with Crippen LogP contribution in [0.3, 0.4) is 0 Å². The van der Waals surface area contributed by atoms with E-state index in [0.717, 1.165) is 50.7 Å². The normalized spacial score (nSPS) is 13.6. The number of hydrogen-bond acceptors (Lipinski definition) is 2. The van der Waals surface area contributed by atoms with Gasteiger partial charge in [0.25, 0.3) is 0 Å². The minimum atomic E-state index is -0.664. The summed E-state index contributed by atoms with van der Waals surface area (Å²) in [6, 6.07) is 120. The van der Waals surface area contributed by atoms with E-state index in [2.05, 4.69) is 332 Å². The van der Waals surface area contributed by atoms with Crippen molar-refractivity contribution in [3.05, 3.63) is 366 Å². The predicted octanol–water partition coefficient (Wildman–Crippen LogP) is 20.8. The van der Waals surface area contributed by atoms with Crippen molar-refractivity contribution in [1.29, 1.82) is 0 Å². The van der Waals surface area contributed by atoms with Crippen molar-refractivity contribution in [2.45, 2.75) is 10.8 Å². The summed E-state index contributed by atoms with van der Waals surface area (Å²) in [6.45, 7) is 0. The third-order valence-electron chi connectivity index (χ3n) is 17.8. The second-order valence-corrected chi connectivity index (χ2v) is 21.9. The number of anilines is 5. The molecule has 0 unspecified atom stereocenters. The van der Waals surface area contributed by atoms with Gasteiger partial charge in [0, 0.05) is 22.5 Å². The van der Waals surface area contributed by atoms with E-state index in [1.807, 2.05) is 0 Å². The van der Waals surface area contributed by atoms with Crippen LogP contribution in [-0.4, -0.2) is 0 Å². The van der Waals surface area contributed by atoms with Gasteiger partial charge in [0.1, 0.15) is 0 Å². The van der Waals surface area contributed by atoms with Crippen molar-refractivity contribution in [2.75, 3.05) is 10.2 Å². The number of para-hydroxylation sites is 5. The molecule has 0 radical (unpaired) electrons. The molecule has 0 aromatic heterocycles. The molecule has 82 heavy (non-hydrogen) atoms. The monoisotopic (exact) mass is 1040 g/mol. The largest absolute Gasteiger partial charge is 0.354 e. The molecule has 0 fully saturated rings. The Labute approximate surface area is 478 Å². The maximum atomic E-state index is 4.10. The first kappa shape index (κ1) is 47.5. The summed E-state index contributed by atoms with van der Waals surface area (Å²) >= 11 is 0. The van der Waals surface area contributed by atoms with Crippen LogP contribution in [0.5, 0.6) is 0 Å². The molecule has 2 heterocycles. The Kier molecular flexibility index (Phi) is 11.0. The van der Waals surface area contributed by atoms with Gasteiger partial charge >= 0.3 is 0 Å². The van der Waals surface area contributed by atoms with Crippen LogP contribution in [-0.2, 0) is 10.8 Å². The van der Waals surface area contributed by atoms with E-state index in [0.29, 0.717) is 0 Å². The van der Waals surface area contributed by atoms with Gasteiger partial charge in [-0.25, -0.2) is 0 Å². The molecule has 1 N–H and O–H groups in total. The molecule has 0 atom stereocenters. The molecule has 16 rings (SSSR count). The quantitative estimate of drug-likeness (QED) is 0.153. The minimum absolute atomic E-state index is 0.610. The first-order valence-electron chi connectivity index (χ1n) is 28.5. The Bertz CT molecular complexity index is 4680. The smallest absolute Gasteiger partial charge is 0.0742 e. The van der Waals surface area contributed by atoms with E-state index >= 15 is 0 Å². The fraction of sp³-hybridized carbons (Fsp3) is 0.0250. The maximum absolute atomic E-state index is 4.10. The summed E-state index contributed by atoms with van der Waals surface area (Å²) in [6.07, 6.45) is 0. The van der Waals surface area contributed by atoms with E-state index in [-0.39, 0.29) is 0 Å². The number of nitrogens with zero attached hydrogens (tertiary/aromatic N) is 1. The van der Waals surface area contributed by atoms with Gasteiger partial charge < -0.3 is 10.2 Å². The fourth-order valence-corrected chi connectivity index (χ4v) is 14.4. The van der Waals surface area contributed by atoms with E-state index < -0.39 is 10.8 Å². The molecular formula is C80H54N2. The highest BCUT2D eigenvalue weighted by Gasteiger charge is 2.48. The van der Waals surface area contributed by atoms with Crippen LogP contribution in [0, 0.1) is 0 Å². The first-order valence-corrected chi connectivity index (χ1v) is 28.5. The lowest BCUT2D eigenvalue weighted by Crippen LogP contribution is -2.38. The number of nitrogens with one attached hydrogen (secondary N) is 1. The Hall–Kier alpha value is -10.5. The average molecular weight is 1040 g/mol. The predicted molar refractivity (Wildman–Crippen MR) is 343 cm³/mol. The molecule has 2 aliphatic rings. The molecule has 0 bridgehead atoms. The van der Waals surface area contributed by atoms with Crippen LogP contribution in [0.15, 0.2) is 322 Å². The molecule has 0 aliphatic carbocycles. The molecule has 14 aromatic carbocycles. The third kappa shape index (κ3) is 7.01. The second kappa shape index (κ2) is 19.1. The number of benzene rings is 14. The van der Waals surface area contributed by atoms with Gasteiger partial charge in [-0.05, 0) is 135 Å². The van der Waals surface area contributed by atoms with Crippen molar-refractivity contribution in [2.24, 2.45) is 0 Å². The van der Waals surface area contributed by atoms with Crippen molar-refractivity contribution < 1.29 is 0 Å². The fourth-order valence-electron chi connectivity index (χ4n) is 14.4. The summed E-state index contributed by atoms with van der Waals surface area (Å²) in [5.41, 5.74) is 21.2. The zero-order valence-corrected chi connectivity index (χ0v) is 45.0. The Morgan fingerprint density at radius 1 is 0.280 bits per heavy atom. The molecule has 2 heteroatoms. The van der Waals surface area contributed by atoms with Gasteiger partial charge in [-0.1, -0.05) is 285 Å². The Morgan fingerprint density at radius 3 is 1.35 bits per heavy atom. The van der Waals surface area contributed by atoms with Gasteiger partial charge in [-0.2, -0.15) is 0 Å². The average Bonchev–Trinajstić information content (AvgIpc) is 2.97. The van der Waals surface area contributed by atoms with Crippen LogP contribution < -0.4 is 10.2 Å². The van der Waals surface area contributed by atoms with Crippen LogP contribution in [0.25, 0.3) is 65.7 Å². The maximum Gasteiger partial charge on any atom is 0.0742 e. The van der Waals surface area contributed by atoms with Crippen molar-refractivity contribution >= 4 is 60.8 Å². The van der Waals surface area contributed by atoms with Gasteiger partial charge in [0.15, 0.2) is 0 Å². The SMILES string of the molecule is c1ccc(N2c3ccccc3C(c3ccccc3)(c3ccccc3)c3cccc(-c4cccc5c(-c6ccc7ccccc7c6)c6cccc(-c7cccc8c7Nc7ccccc7C8(c7ccccc7)c7ccccc7)c6cc45)c32)cc1. The highest BCUT2D eigenvalue weighted by atomic mass is 15.2. The number of rotatable bonds is 8. The summed E-state index contributed by atoms with van der Waals surface area (Å²) in [5, 5.41) is 11.3. The van der Waals surface area contributed by atoms with Crippen molar-refractivity contribution in [1.82, 2.24) is 0 Å². The van der Waals surface area contributed by atoms with E-state index in [1.165, 1.54) is 88.0 Å². The molecule has 2 nitrogen and oxygen atoms in total. The van der Waals surface area contributed by atoms with E-state index in [9.17, 15) is 0 Å². The Balaban J connectivity index is 1.03. The van der Waals surface area contributed by atoms with Gasteiger partial charge in [-0.15, -0.1) is 0 Å². The summed E-state index contributed by atoms with van der Waals surface area (Å²) < 4.78 is 0. The van der Waals surface area contributed by atoms with Gasteiger partial charge in [0.2, 0.25) is 0 Å². The molecule has 0 saturated carbocycles. The lowest BCUT2D eigenvalue weighted by atomic mass is 9.62. The Morgan fingerprint density at radius 2 is 0.732 bits per heavy atom. The van der Waals surface area contributed by atoms with E-state index in [4.69, 9.17) is 0 Å². The molecule has 2 aliphatic heterocycles. The third-order valence-corrected chi connectivity index (χ3v) is 17.8. The van der Waals surface area contributed by atoms with E-state index in [1.54, 1.807) is 0 Å². The summed E-state index contributed by atoms with van der Waals surface area (Å²) in [7, 11) is 0. The highest BCUT2D eigenvalue weighted by Crippen LogP contribution is 2.61. The molecule has 0 saturated heterocycles. The molecule has 0 spiro atoms. The number of fused-ring (bicyclic) bond motifs is 7. The zero-order chi connectivity index (χ0) is 54.2. The molecule has 384 valence electrons. The van der Waals surface area contributed by atoms with Crippen LogP contribution in [0.4, 0.5) is 28.4 Å². The summed E-state index contributed by atoms with van der Waals surface area (Å²) in [4.78, 5) is 2.53. The van der Waals surface area contributed by atoms with Crippen LogP contribution in [0.1, 0.15) is 44.5 Å². The number of hydrogen-bond donors (Lipinski definition) is 1.